The second-order valence-corrected chi connectivity index (χ2v) is 3.18. The lowest BCUT2D eigenvalue weighted by Gasteiger charge is -2.19. The van der Waals surface area contributed by atoms with Crippen LogP contribution in [0.5, 0.6) is 0 Å². The monoisotopic (exact) mass is 183 g/mol. The lowest BCUT2D eigenvalue weighted by Crippen LogP contribution is -2.28. The maximum atomic E-state index is 5.91. The molecule has 1 aromatic heterocycles. The average Bonchev–Trinajstić information content (AvgIpc) is 2.53. The first kappa shape index (κ1) is 10.2. The molecule has 0 aliphatic carbocycles. The van der Waals surface area contributed by atoms with Gasteiger partial charge >= 0.3 is 0 Å². The standard InChI is InChI=1S/C9H17N3O/c1-4-8(10)9(13-3)7-5-11-12(2)6-7/h5-6,8-9H,4,10H2,1-3H3. The molecule has 2 atom stereocenters. The summed E-state index contributed by atoms with van der Waals surface area (Å²) >= 11 is 0. The number of aromatic nitrogens is 2. The van der Waals surface area contributed by atoms with Crippen LogP contribution < -0.4 is 5.73 Å². The third-order valence-corrected chi connectivity index (χ3v) is 2.17. The SMILES string of the molecule is CCC(N)C(OC)c1cnn(C)c1. The number of nitrogens with two attached hydrogens (primary N) is 1. The molecule has 1 rings (SSSR count). The summed E-state index contributed by atoms with van der Waals surface area (Å²) in [7, 11) is 3.56. The molecule has 4 nitrogen and oxygen atoms in total. The van der Waals surface area contributed by atoms with Gasteiger partial charge in [-0.1, -0.05) is 6.92 Å². The van der Waals surface area contributed by atoms with Crippen molar-refractivity contribution in [2.45, 2.75) is 25.5 Å². The van der Waals surface area contributed by atoms with E-state index < -0.39 is 0 Å². The van der Waals surface area contributed by atoms with E-state index in [1.807, 2.05) is 20.2 Å². The van der Waals surface area contributed by atoms with Crippen molar-refractivity contribution in [3.8, 4) is 0 Å². The van der Waals surface area contributed by atoms with Crippen LogP contribution in [0.25, 0.3) is 0 Å². The van der Waals surface area contributed by atoms with Gasteiger partial charge in [-0.15, -0.1) is 0 Å². The van der Waals surface area contributed by atoms with Gasteiger partial charge in [-0.3, -0.25) is 4.68 Å². The molecule has 0 aliphatic rings. The Morgan fingerprint density at radius 1 is 1.69 bits per heavy atom. The number of rotatable bonds is 4. The first-order valence-corrected chi connectivity index (χ1v) is 4.46. The zero-order valence-electron chi connectivity index (χ0n) is 8.40. The van der Waals surface area contributed by atoms with E-state index in [9.17, 15) is 0 Å². The largest absolute Gasteiger partial charge is 0.375 e. The van der Waals surface area contributed by atoms with Crippen molar-refractivity contribution in [1.29, 1.82) is 0 Å². The summed E-state index contributed by atoms with van der Waals surface area (Å²) < 4.78 is 7.08. The molecule has 0 saturated carbocycles. The van der Waals surface area contributed by atoms with Crippen LogP contribution in [0.1, 0.15) is 25.0 Å². The van der Waals surface area contributed by atoms with Crippen LogP contribution in [0.2, 0.25) is 0 Å². The minimum absolute atomic E-state index is 0.0363. The van der Waals surface area contributed by atoms with Gasteiger partial charge < -0.3 is 10.5 Å². The van der Waals surface area contributed by atoms with E-state index in [1.165, 1.54) is 0 Å². The van der Waals surface area contributed by atoms with E-state index in [0.29, 0.717) is 0 Å². The third kappa shape index (κ3) is 2.29. The number of nitrogens with zero attached hydrogens (tertiary/aromatic N) is 2. The van der Waals surface area contributed by atoms with Gasteiger partial charge in [0.05, 0.1) is 6.20 Å². The van der Waals surface area contributed by atoms with Crippen LogP contribution in [0.3, 0.4) is 0 Å². The normalized spacial score (nSPS) is 15.7. The fourth-order valence-corrected chi connectivity index (χ4v) is 1.36. The number of ether oxygens (including phenoxy) is 1. The van der Waals surface area contributed by atoms with Crippen molar-refractivity contribution in [1.82, 2.24) is 9.78 Å². The highest BCUT2D eigenvalue weighted by molar-refractivity contribution is 5.10. The molecule has 0 fully saturated rings. The zero-order valence-corrected chi connectivity index (χ0v) is 8.40. The van der Waals surface area contributed by atoms with E-state index in [4.69, 9.17) is 10.5 Å². The lowest BCUT2D eigenvalue weighted by molar-refractivity contribution is 0.0790. The van der Waals surface area contributed by atoms with Gasteiger partial charge in [0.2, 0.25) is 0 Å². The molecule has 0 aromatic carbocycles. The molecule has 2 N–H and O–H groups in total. The van der Waals surface area contributed by atoms with E-state index >= 15 is 0 Å². The molecule has 1 heterocycles. The molecule has 0 amide bonds. The van der Waals surface area contributed by atoms with Crippen molar-refractivity contribution >= 4 is 0 Å². The van der Waals surface area contributed by atoms with Crippen LogP contribution in [-0.2, 0) is 11.8 Å². The maximum absolute atomic E-state index is 5.91. The highest BCUT2D eigenvalue weighted by Gasteiger charge is 2.18. The van der Waals surface area contributed by atoms with Gasteiger partial charge in [-0.25, -0.2) is 0 Å². The van der Waals surface area contributed by atoms with Gasteiger partial charge in [0.1, 0.15) is 6.10 Å². The number of hydrogen-bond acceptors (Lipinski definition) is 3. The number of hydrogen-bond donors (Lipinski definition) is 1. The molecule has 0 bridgehead atoms. The minimum Gasteiger partial charge on any atom is -0.375 e. The molecule has 0 aliphatic heterocycles. The number of methoxy groups -OCH3 is 1. The van der Waals surface area contributed by atoms with Crippen molar-refractivity contribution in [2.75, 3.05) is 7.11 Å². The molecule has 0 radical (unpaired) electrons. The molecule has 0 saturated heterocycles. The Balaban J connectivity index is 2.77. The molecule has 2 unspecified atom stereocenters. The summed E-state index contributed by atoms with van der Waals surface area (Å²) in [4.78, 5) is 0. The predicted octanol–water partition coefficient (Wildman–Crippen LogP) is 0.845. The van der Waals surface area contributed by atoms with Crippen molar-refractivity contribution in [3.63, 3.8) is 0 Å². The fourth-order valence-electron chi connectivity index (χ4n) is 1.36. The average molecular weight is 183 g/mol. The summed E-state index contributed by atoms with van der Waals surface area (Å²) in [5, 5.41) is 4.08. The quantitative estimate of drug-likeness (QED) is 0.752. The second-order valence-electron chi connectivity index (χ2n) is 3.18. The van der Waals surface area contributed by atoms with Gasteiger partial charge in [-0.05, 0) is 6.42 Å². The highest BCUT2D eigenvalue weighted by atomic mass is 16.5. The smallest absolute Gasteiger partial charge is 0.100 e. The van der Waals surface area contributed by atoms with Crippen LogP contribution in [0.4, 0.5) is 0 Å². The van der Waals surface area contributed by atoms with Crippen molar-refractivity contribution in [3.05, 3.63) is 18.0 Å². The van der Waals surface area contributed by atoms with Crippen LogP contribution in [0, 0.1) is 0 Å². The summed E-state index contributed by atoms with van der Waals surface area (Å²) in [6.45, 7) is 2.05. The number of aryl methyl sites for hydroxylation is 1. The fraction of sp³-hybridized carbons (Fsp3) is 0.667. The molecule has 1 aromatic rings. The highest BCUT2D eigenvalue weighted by Crippen LogP contribution is 2.19. The van der Waals surface area contributed by atoms with Gasteiger partial charge in [0.25, 0.3) is 0 Å². The molecule has 13 heavy (non-hydrogen) atoms. The minimum atomic E-state index is -0.0429. The summed E-state index contributed by atoms with van der Waals surface area (Å²) in [6, 6.07) is 0.0363. The Morgan fingerprint density at radius 3 is 2.77 bits per heavy atom. The zero-order chi connectivity index (χ0) is 9.84. The Hall–Kier alpha value is -0.870. The van der Waals surface area contributed by atoms with Gasteiger partial charge in [0.15, 0.2) is 0 Å². The first-order chi connectivity index (χ1) is 6.19. The summed E-state index contributed by atoms with van der Waals surface area (Å²) in [5.41, 5.74) is 6.95. The molecular weight excluding hydrogens is 166 g/mol. The molecule has 0 spiro atoms. The topological polar surface area (TPSA) is 53.1 Å². The van der Waals surface area contributed by atoms with Gasteiger partial charge in [-0.2, -0.15) is 5.10 Å². The Kier molecular flexibility index (Phi) is 3.45. The third-order valence-electron chi connectivity index (χ3n) is 2.17. The van der Waals surface area contributed by atoms with E-state index in [0.717, 1.165) is 12.0 Å². The Morgan fingerprint density at radius 2 is 2.38 bits per heavy atom. The van der Waals surface area contributed by atoms with Crippen molar-refractivity contribution < 1.29 is 4.74 Å². The molecule has 74 valence electrons. The Bertz CT molecular complexity index is 259. The first-order valence-electron chi connectivity index (χ1n) is 4.46. The molecular formula is C9H17N3O. The molecule has 4 heteroatoms. The summed E-state index contributed by atoms with van der Waals surface area (Å²) in [5.74, 6) is 0. The lowest BCUT2D eigenvalue weighted by atomic mass is 10.0. The van der Waals surface area contributed by atoms with Crippen LogP contribution in [0.15, 0.2) is 12.4 Å². The van der Waals surface area contributed by atoms with Crippen molar-refractivity contribution in [2.24, 2.45) is 12.8 Å². The maximum Gasteiger partial charge on any atom is 0.100 e. The summed E-state index contributed by atoms with van der Waals surface area (Å²) in [6.07, 6.45) is 4.58. The van der Waals surface area contributed by atoms with E-state index in [1.54, 1.807) is 18.0 Å². The Labute approximate surface area is 78.7 Å². The van der Waals surface area contributed by atoms with Crippen LogP contribution >= 0.6 is 0 Å². The second kappa shape index (κ2) is 4.39. The van der Waals surface area contributed by atoms with Crippen LogP contribution in [-0.4, -0.2) is 22.9 Å². The van der Waals surface area contributed by atoms with E-state index in [-0.39, 0.29) is 12.1 Å². The van der Waals surface area contributed by atoms with E-state index in [2.05, 4.69) is 5.10 Å². The van der Waals surface area contributed by atoms with Gasteiger partial charge in [0, 0.05) is 32.0 Å². The predicted molar refractivity (Wildman–Crippen MR) is 51.2 cm³/mol.